The van der Waals surface area contributed by atoms with Gasteiger partial charge < -0.3 is 0 Å². The molecule has 3 aromatic rings. The SMILES string of the molecule is CCCCCC(Cc1ccc(C=O)cc1)c1nc2ccccc2cc1Cl. The van der Waals surface area contributed by atoms with Gasteiger partial charge in [0.1, 0.15) is 6.29 Å². The Morgan fingerprint density at radius 1 is 1.08 bits per heavy atom. The van der Waals surface area contributed by atoms with Gasteiger partial charge in [-0.3, -0.25) is 9.78 Å². The van der Waals surface area contributed by atoms with Crippen LogP contribution in [0.5, 0.6) is 0 Å². The molecule has 1 atom stereocenters. The highest BCUT2D eigenvalue weighted by Gasteiger charge is 2.18. The molecule has 2 aromatic carbocycles. The fourth-order valence-corrected chi connectivity index (χ4v) is 3.70. The Morgan fingerprint density at radius 2 is 1.85 bits per heavy atom. The van der Waals surface area contributed by atoms with E-state index in [1.165, 1.54) is 24.8 Å². The molecule has 0 saturated carbocycles. The topological polar surface area (TPSA) is 30.0 Å². The van der Waals surface area contributed by atoms with Crippen LogP contribution in [0.1, 0.15) is 60.1 Å². The van der Waals surface area contributed by atoms with Crippen molar-refractivity contribution in [3.63, 3.8) is 0 Å². The van der Waals surface area contributed by atoms with Gasteiger partial charge in [0.15, 0.2) is 0 Å². The highest BCUT2D eigenvalue weighted by Crippen LogP contribution is 2.32. The zero-order valence-corrected chi connectivity index (χ0v) is 15.9. The van der Waals surface area contributed by atoms with E-state index in [1.54, 1.807) is 0 Å². The number of carbonyl (C=O) groups is 1. The highest BCUT2D eigenvalue weighted by molar-refractivity contribution is 6.31. The zero-order valence-electron chi connectivity index (χ0n) is 15.1. The summed E-state index contributed by atoms with van der Waals surface area (Å²) in [7, 11) is 0. The summed E-state index contributed by atoms with van der Waals surface area (Å²) in [6.07, 6.45) is 6.40. The molecule has 0 saturated heterocycles. The Bertz CT molecular complexity index is 873. The first-order valence-corrected chi connectivity index (χ1v) is 9.68. The summed E-state index contributed by atoms with van der Waals surface area (Å²) in [5, 5.41) is 1.82. The predicted octanol–water partition coefficient (Wildman–Crippen LogP) is 6.61. The van der Waals surface area contributed by atoms with Gasteiger partial charge in [0.2, 0.25) is 0 Å². The molecule has 0 aliphatic heterocycles. The van der Waals surface area contributed by atoms with E-state index in [0.29, 0.717) is 5.56 Å². The van der Waals surface area contributed by atoms with Crippen LogP contribution in [0, 0.1) is 0 Å². The molecular weight excluding hydrogens is 342 g/mol. The zero-order chi connectivity index (χ0) is 18.4. The molecule has 3 heteroatoms. The molecule has 0 bridgehead atoms. The summed E-state index contributed by atoms with van der Waals surface area (Å²) < 4.78 is 0. The van der Waals surface area contributed by atoms with Crippen molar-refractivity contribution < 1.29 is 4.79 Å². The van der Waals surface area contributed by atoms with Crippen molar-refractivity contribution >= 4 is 28.8 Å². The van der Waals surface area contributed by atoms with E-state index in [1.807, 2.05) is 54.6 Å². The summed E-state index contributed by atoms with van der Waals surface area (Å²) in [5.74, 6) is 0.278. The van der Waals surface area contributed by atoms with Crippen LogP contribution in [-0.2, 0) is 6.42 Å². The monoisotopic (exact) mass is 365 g/mol. The molecule has 134 valence electrons. The first-order valence-electron chi connectivity index (χ1n) is 9.30. The number of pyridine rings is 1. The van der Waals surface area contributed by atoms with Crippen molar-refractivity contribution in [3.05, 3.63) is 76.4 Å². The molecule has 0 aliphatic carbocycles. The maximum Gasteiger partial charge on any atom is 0.150 e. The lowest BCUT2D eigenvalue weighted by molar-refractivity contribution is 0.112. The summed E-state index contributed by atoms with van der Waals surface area (Å²) in [5.41, 5.74) is 3.89. The van der Waals surface area contributed by atoms with Crippen LogP contribution in [0.15, 0.2) is 54.6 Å². The smallest absolute Gasteiger partial charge is 0.150 e. The molecule has 2 nitrogen and oxygen atoms in total. The number of nitrogens with zero attached hydrogens (tertiary/aromatic N) is 1. The Hall–Kier alpha value is -2.19. The Balaban J connectivity index is 1.91. The Kier molecular flexibility index (Phi) is 6.40. The van der Waals surface area contributed by atoms with Crippen molar-refractivity contribution in [2.24, 2.45) is 0 Å². The highest BCUT2D eigenvalue weighted by atomic mass is 35.5. The molecule has 1 heterocycles. The fraction of sp³-hybridized carbons (Fsp3) is 0.304. The lowest BCUT2D eigenvalue weighted by atomic mass is 9.90. The number of fused-ring (bicyclic) bond motifs is 1. The van der Waals surface area contributed by atoms with Gasteiger partial charge in [-0.05, 0) is 30.5 Å². The summed E-state index contributed by atoms with van der Waals surface area (Å²) >= 11 is 6.62. The molecule has 0 amide bonds. The molecule has 0 fully saturated rings. The number of hydrogen-bond acceptors (Lipinski definition) is 2. The molecule has 0 radical (unpaired) electrons. The molecule has 3 rings (SSSR count). The minimum Gasteiger partial charge on any atom is -0.298 e. The lowest BCUT2D eigenvalue weighted by Crippen LogP contribution is -2.07. The summed E-state index contributed by atoms with van der Waals surface area (Å²) in [4.78, 5) is 15.8. The maximum atomic E-state index is 10.9. The van der Waals surface area contributed by atoms with Crippen molar-refractivity contribution in [2.45, 2.75) is 44.9 Å². The largest absolute Gasteiger partial charge is 0.298 e. The van der Waals surface area contributed by atoms with E-state index in [9.17, 15) is 4.79 Å². The summed E-state index contributed by atoms with van der Waals surface area (Å²) in [6, 6.07) is 17.9. The normalized spacial score (nSPS) is 12.2. The van der Waals surface area contributed by atoms with E-state index < -0.39 is 0 Å². The van der Waals surface area contributed by atoms with Gasteiger partial charge in [-0.2, -0.15) is 0 Å². The van der Waals surface area contributed by atoms with Crippen molar-refractivity contribution in [1.29, 1.82) is 0 Å². The number of unbranched alkanes of at least 4 members (excludes halogenated alkanes) is 2. The van der Waals surface area contributed by atoms with Gasteiger partial charge in [-0.25, -0.2) is 0 Å². The van der Waals surface area contributed by atoms with Gasteiger partial charge >= 0.3 is 0 Å². The second kappa shape index (κ2) is 8.95. The minimum absolute atomic E-state index is 0.278. The van der Waals surface area contributed by atoms with Crippen LogP contribution in [0.4, 0.5) is 0 Å². The van der Waals surface area contributed by atoms with E-state index in [0.717, 1.165) is 40.7 Å². The quantitative estimate of drug-likeness (QED) is 0.332. The predicted molar refractivity (Wildman–Crippen MR) is 109 cm³/mol. The second-order valence-electron chi connectivity index (χ2n) is 6.80. The van der Waals surface area contributed by atoms with Gasteiger partial charge in [-0.1, -0.05) is 80.3 Å². The first-order chi connectivity index (χ1) is 12.7. The fourth-order valence-electron chi connectivity index (χ4n) is 3.38. The standard InChI is InChI=1S/C23H24ClNO/c1-2-3-4-8-20(14-17-10-12-18(16-26)13-11-17)23-21(24)15-19-7-5-6-9-22(19)25-23/h5-7,9-13,15-16,20H,2-4,8,14H2,1H3. The number of para-hydroxylation sites is 1. The van der Waals surface area contributed by atoms with Gasteiger partial charge in [0.25, 0.3) is 0 Å². The molecular formula is C23H24ClNO. The number of benzene rings is 2. The van der Waals surface area contributed by atoms with E-state index in [4.69, 9.17) is 16.6 Å². The van der Waals surface area contributed by atoms with E-state index in [2.05, 4.69) is 6.92 Å². The molecule has 0 N–H and O–H groups in total. The van der Waals surface area contributed by atoms with Crippen LogP contribution in [0.2, 0.25) is 5.02 Å². The molecule has 26 heavy (non-hydrogen) atoms. The number of aromatic nitrogens is 1. The van der Waals surface area contributed by atoms with Crippen LogP contribution >= 0.6 is 11.6 Å². The summed E-state index contributed by atoms with van der Waals surface area (Å²) in [6.45, 7) is 2.22. The number of carbonyl (C=O) groups excluding carboxylic acids is 1. The van der Waals surface area contributed by atoms with E-state index in [-0.39, 0.29) is 5.92 Å². The first kappa shape index (κ1) is 18.6. The van der Waals surface area contributed by atoms with Crippen LogP contribution in [-0.4, -0.2) is 11.3 Å². The molecule has 0 spiro atoms. The van der Waals surface area contributed by atoms with Crippen LogP contribution < -0.4 is 0 Å². The number of aldehydes is 1. The third-order valence-corrected chi connectivity index (χ3v) is 5.15. The van der Waals surface area contributed by atoms with Crippen molar-refractivity contribution in [1.82, 2.24) is 4.98 Å². The maximum absolute atomic E-state index is 10.9. The number of rotatable bonds is 8. The Labute approximate surface area is 160 Å². The lowest BCUT2D eigenvalue weighted by Gasteiger charge is -2.19. The number of halogens is 1. The molecule has 0 aliphatic rings. The van der Waals surface area contributed by atoms with Crippen LogP contribution in [0.3, 0.4) is 0 Å². The van der Waals surface area contributed by atoms with Gasteiger partial charge in [-0.15, -0.1) is 0 Å². The third-order valence-electron chi connectivity index (χ3n) is 4.85. The van der Waals surface area contributed by atoms with Crippen molar-refractivity contribution in [3.8, 4) is 0 Å². The molecule has 1 unspecified atom stereocenters. The van der Waals surface area contributed by atoms with Crippen LogP contribution in [0.25, 0.3) is 10.9 Å². The van der Waals surface area contributed by atoms with Gasteiger partial charge in [0.05, 0.1) is 16.2 Å². The Morgan fingerprint density at radius 3 is 2.58 bits per heavy atom. The average molecular weight is 366 g/mol. The van der Waals surface area contributed by atoms with E-state index >= 15 is 0 Å². The molecule has 1 aromatic heterocycles. The average Bonchev–Trinajstić information content (AvgIpc) is 2.67. The third kappa shape index (κ3) is 4.50. The number of hydrogen-bond donors (Lipinski definition) is 0. The van der Waals surface area contributed by atoms with Gasteiger partial charge in [0, 0.05) is 16.9 Å². The minimum atomic E-state index is 0.278. The van der Waals surface area contributed by atoms with Crippen molar-refractivity contribution in [2.75, 3.05) is 0 Å². The second-order valence-corrected chi connectivity index (χ2v) is 7.21.